The molecule has 1 aromatic carbocycles. The number of hydrogen-bond donors (Lipinski definition) is 2. The van der Waals surface area contributed by atoms with E-state index in [0.29, 0.717) is 0 Å². The van der Waals surface area contributed by atoms with Crippen molar-refractivity contribution in [3.8, 4) is 0 Å². The summed E-state index contributed by atoms with van der Waals surface area (Å²) in [5.41, 5.74) is 2.83. The summed E-state index contributed by atoms with van der Waals surface area (Å²) in [5.74, 6) is 0.875. The van der Waals surface area contributed by atoms with Crippen LogP contribution in [0.5, 0.6) is 0 Å². The maximum Gasteiger partial charge on any atom is 0.227 e. The summed E-state index contributed by atoms with van der Waals surface area (Å²) in [6, 6.07) is 9.71. The lowest BCUT2D eigenvalue weighted by molar-refractivity contribution is -0.120. The number of carbonyl (C=O) groups is 1. The van der Waals surface area contributed by atoms with Gasteiger partial charge in [0.1, 0.15) is 0 Å². The van der Waals surface area contributed by atoms with E-state index in [1.165, 1.54) is 12.8 Å². The van der Waals surface area contributed by atoms with Gasteiger partial charge in [-0.25, -0.2) is 0 Å². The third-order valence-corrected chi connectivity index (χ3v) is 4.89. The van der Waals surface area contributed by atoms with Crippen LogP contribution in [0.15, 0.2) is 36.5 Å². The molecular formula is C20H27N5O. The van der Waals surface area contributed by atoms with Crippen molar-refractivity contribution in [2.24, 2.45) is 5.92 Å². The average Bonchev–Trinajstić information content (AvgIpc) is 3.19. The third kappa shape index (κ3) is 4.50. The van der Waals surface area contributed by atoms with Gasteiger partial charge in [-0.3, -0.25) is 4.79 Å². The molecule has 0 saturated carbocycles. The minimum absolute atomic E-state index is 0.0661. The summed E-state index contributed by atoms with van der Waals surface area (Å²) in [7, 11) is 0. The molecular weight excluding hydrogens is 326 g/mol. The molecule has 2 aromatic rings. The lowest BCUT2D eigenvalue weighted by atomic mass is 10.0. The van der Waals surface area contributed by atoms with Gasteiger partial charge in [-0.1, -0.05) is 13.8 Å². The van der Waals surface area contributed by atoms with Crippen LogP contribution in [0.1, 0.15) is 39.5 Å². The maximum atomic E-state index is 12.2. The molecule has 0 aliphatic carbocycles. The van der Waals surface area contributed by atoms with Crippen LogP contribution in [-0.4, -0.2) is 29.2 Å². The zero-order chi connectivity index (χ0) is 18.4. The second-order valence-electron chi connectivity index (χ2n) is 6.70. The van der Waals surface area contributed by atoms with Crippen LogP contribution >= 0.6 is 0 Å². The Labute approximate surface area is 155 Å². The highest BCUT2D eigenvalue weighted by Crippen LogP contribution is 2.23. The van der Waals surface area contributed by atoms with Crippen molar-refractivity contribution in [2.75, 3.05) is 28.6 Å². The Balaban J connectivity index is 1.62. The number of aromatic nitrogens is 2. The Bertz CT molecular complexity index is 721. The van der Waals surface area contributed by atoms with Gasteiger partial charge in [0.25, 0.3) is 0 Å². The molecule has 0 atom stereocenters. The summed E-state index contributed by atoms with van der Waals surface area (Å²) >= 11 is 0. The van der Waals surface area contributed by atoms with Crippen molar-refractivity contribution in [1.82, 2.24) is 10.2 Å². The highest BCUT2D eigenvalue weighted by Gasteiger charge is 2.15. The molecule has 1 aliphatic rings. The first-order chi connectivity index (χ1) is 12.7. The summed E-state index contributed by atoms with van der Waals surface area (Å²) in [6.07, 6.45) is 5.99. The molecule has 6 heteroatoms. The van der Waals surface area contributed by atoms with Crippen molar-refractivity contribution in [2.45, 2.75) is 39.5 Å². The zero-order valence-electron chi connectivity index (χ0n) is 15.5. The van der Waals surface area contributed by atoms with Crippen LogP contribution in [0, 0.1) is 5.92 Å². The summed E-state index contributed by atoms with van der Waals surface area (Å²) in [6.45, 7) is 6.24. The van der Waals surface area contributed by atoms with E-state index in [2.05, 4.69) is 25.7 Å². The molecule has 1 amide bonds. The molecule has 2 heterocycles. The monoisotopic (exact) mass is 353 g/mol. The van der Waals surface area contributed by atoms with Crippen molar-refractivity contribution in [3.63, 3.8) is 0 Å². The molecule has 6 nitrogen and oxygen atoms in total. The number of amides is 1. The lowest BCUT2D eigenvalue weighted by Gasteiger charge is -2.17. The Kier molecular flexibility index (Phi) is 6.04. The summed E-state index contributed by atoms with van der Waals surface area (Å²) in [5, 5.41) is 14.5. The van der Waals surface area contributed by atoms with E-state index >= 15 is 0 Å². The van der Waals surface area contributed by atoms with Crippen LogP contribution < -0.4 is 15.5 Å². The number of rotatable bonds is 7. The second kappa shape index (κ2) is 8.65. The average molecular weight is 353 g/mol. The Morgan fingerprint density at radius 3 is 2.42 bits per heavy atom. The van der Waals surface area contributed by atoms with Crippen LogP contribution in [0.3, 0.4) is 0 Å². The van der Waals surface area contributed by atoms with Crippen molar-refractivity contribution in [1.29, 1.82) is 0 Å². The molecule has 0 radical (unpaired) electrons. The maximum absolute atomic E-state index is 12.2. The third-order valence-electron chi connectivity index (χ3n) is 4.89. The van der Waals surface area contributed by atoms with Gasteiger partial charge in [0.15, 0.2) is 5.82 Å². The first-order valence-corrected chi connectivity index (χ1v) is 9.45. The molecule has 1 aromatic heterocycles. The van der Waals surface area contributed by atoms with Crippen molar-refractivity contribution < 1.29 is 4.79 Å². The normalized spacial score (nSPS) is 13.9. The highest BCUT2D eigenvalue weighted by atomic mass is 16.1. The molecule has 1 fully saturated rings. The van der Waals surface area contributed by atoms with Gasteiger partial charge in [0.05, 0.1) is 11.9 Å². The predicted octanol–water partition coefficient (Wildman–Crippen LogP) is 4.20. The van der Waals surface area contributed by atoms with Gasteiger partial charge in [-0.05, 0) is 49.9 Å². The molecule has 1 saturated heterocycles. The molecule has 0 unspecified atom stereocenters. The number of nitrogens with zero attached hydrogens (tertiary/aromatic N) is 3. The predicted molar refractivity (Wildman–Crippen MR) is 106 cm³/mol. The van der Waals surface area contributed by atoms with E-state index in [0.717, 1.165) is 48.8 Å². The van der Waals surface area contributed by atoms with Crippen LogP contribution in [0.4, 0.5) is 22.9 Å². The minimum atomic E-state index is 0.0661. The van der Waals surface area contributed by atoms with Crippen molar-refractivity contribution in [3.05, 3.63) is 36.5 Å². The van der Waals surface area contributed by atoms with E-state index in [4.69, 9.17) is 0 Å². The minimum Gasteiger partial charge on any atom is -0.370 e. The largest absolute Gasteiger partial charge is 0.370 e. The van der Waals surface area contributed by atoms with Crippen LogP contribution in [-0.2, 0) is 4.79 Å². The number of hydrogen-bond acceptors (Lipinski definition) is 5. The Hall–Kier alpha value is -2.63. The number of benzene rings is 1. The molecule has 26 heavy (non-hydrogen) atoms. The topological polar surface area (TPSA) is 70.2 Å². The fourth-order valence-corrected chi connectivity index (χ4v) is 3.25. The highest BCUT2D eigenvalue weighted by molar-refractivity contribution is 5.92. The quantitative estimate of drug-likeness (QED) is 0.781. The fourth-order valence-electron chi connectivity index (χ4n) is 3.25. The van der Waals surface area contributed by atoms with E-state index < -0.39 is 0 Å². The van der Waals surface area contributed by atoms with E-state index in [9.17, 15) is 4.79 Å². The molecule has 0 bridgehead atoms. The molecule has 2 N–H and O–H groups in total. The van der Waals surface area contributed by atoms with Gasteiger partial charge in [-0.15, -0.1) is 5.10 Å². The summed E-state index contributed by atoms with van der Waals surface area (Å²) < 4.78 is 0. The Morgan fingerprint density at radius 1 is 1.12 bits per heavy atom. The van der Waals surface area contributed by atoms with Gasteiger partial charge in [0, 0.05) is 36.4 Å². The van der Waals surface area contributed by atoms with Crippen molar-refractivity contribution >= 4 is 28.8 Å². The van der Waals surface area contributed by atoms with Crippen LogP contribution in [0.25, 0.3) is 0 Å². The zero-order valence-corrected chi connectivity index (χ0v) is 15.5. The SMILES string of the molecule is CCC(CC)C(=O)Nc1ccc(Nc2cc(N3CCCC3)cnn2)cc1. The lowest BCUT2D eigenvalue weighted by Crippen LogP contribution is -2.21. The number of anilines is 4. The van der Waals surface area contributed by atoms with E-state index in [1.54, 1.807) is 0 Å². The van der Waals surface area contributed by atoms with Gasteiger partial charge in [-0.2, -0.15) is 5.10 Å². The number of carbonyl (C=O) groups excluding carboxylic acids is 1. The van der Waals surface area contributed by atoms with Gasteiger partial charge in [0.2, 0.25) is 5.91 Å². The van der Waals surface area contributed by atoms with E-state index in [-0.39, 0.29) is 11.8 Å². The first-order valence-electron chi connectivity index (χ1n) is 9.45. The molecule has 0 spiro atoms. The molecule has 138 valence electrons. The van der Waals surface area contributed by atoms with Gasteiger partial charge >= 0.3 is 0 Å². The molecule has 3 rings (SSSR count). The number of nitrogens with one attached hydrogen (secondary N) is 2. The first kappa shape index (κ1) is 18.2. The van der Waals surface area contributed by atoms with E-state index in [1.807, 2.05) is 50.4 Å². The smallest absolute Gasteiger partial charge is 0.227 e. The fraction of sp³-hybridized carbons (Fsp3) is 0.450. The Morgan fingerprint density at radius 2 is 1.77 bits per heavy atom. The molecule has 1 aliphatic heterocycles. The standard InChI is InChI=1S/C20H27N5O/c1-3-15(4-2)20(26)23-17-9-7-16(8-10-17)22-19-13-18(14-21-24-19)25-11-5-6-12-25/h7-10,13-15H,3-6,11-12H2,1-2H3,(H,22,24)(H,23,26). The second-order valence-corrected chi connectivity index (χ2v) is 6.70. The van der Waals surface area contributed by atoms with Gasteiger partial charge < -0.3 is 15.5 Å². The summed E-state index contributed by atoms with van der Waals surface area (Å²) in [4.78, 5) is 14.5. The van der Waals surface area contributed by atoms with Crippen LogP contribution in [0.2, 0.25) is 0 Å².